The largest absolute Gasteiger partial charge is 0.385 e. The molecule has 2 heteroatoms. The van der Waals surface area contributed by atoms with Crippen LogP contribution in [0.4, 0.5) is 5.69 Å². The molecule has 13 heavy (non-hydrogen) atoms. The number of hydrogen-bond donors (Lipinski definition) is 2. The van der Waals surface area contributed by atoms with E-state index in [-0.39, 0.29) is 0 Å². The number of nitrogens with one attached hydrogen (secondary N) is 1. The molecule has 0 aliphatic heterocycles. The lowest BCUT2D eigenvalue weighted by atomic mass is 10.1. The van der Waals surface area contributed by atoms with Crippen LogP contribution in [-0.4, -0.2) is 12.6 Å². The number of rotatable bonds is 3. The van der Waals surface area contributed by atoms with Gasteiger partial charge < -0.3 is 11.1 Å². The van der Waals surface area contributed by atoms with Gasteiger partial charge in [-0.2, -0.15) is 0 Å². The van der Waals surface area contributed by atoms with Gasteiger partial charge in [-0.05, 0) is 31.0 Å². The van der Waals surface area contributed by atoms with Gasteiger partial charge in [-0.25, -0.2) is 0 Å². The normalized spacial score (nSPS) is 25.7. The van der Waals surface area contributed by atoms with Crippen LogP contribution < -0.4 is 11.1 Å². The monoisotopic (exact) mass is 176 g/mol. The van der Waals surface area contributed by atoms with Crippen molar-refractivity contribution < 1.29 is 0 Å². The van der Waals surface area contributed by atoms with Crippen LogP contribution in [0.25, 0.3) is 0 Å². The predicted octanol–water partition coefficient (Wildman–Crippen LogP) is 1.93. The van der Waals surface area contributed by atoms with Gasteiger partial charge in [0.25, 0.3) is 0 Å². The van der Waals surface area contributed by atoms with E-state index in [4.69, 9.17) is 5.73 Å². The van der Waals surface area contributed by atoms with Crippen LogP contribution in [-0.2, 0) is 0 Å². The van der Waals surface area contributed by atoms with Gasteiger partial charge in [0.2, 0.25) is 0 Å². The average Bonchev–Trinajstić information content (AvgIpc) is 2.84. The Balaban J connectivity index is 2.13. The van der Waals surface area contributed by atoms with Gasteiger partial charge in [-0.1, -0.05) is 12.1 Å². The Morgan fingerprint density at radius 2 is 2.31 bits per heavy atom. The molecule has 0 amide bonds. The summed E-state index contributed by atoms with van der Waals surface area (Å²) in [7, 11) is 0. The highest BCUT2D eigenvalue weighted by Crippen LogP contribution is 2.39. The molecule has 1 aliphatic carbocycles. The molecule has 0 spiro atoms. The SMILES string of the molecule is CCNc1cccc([C@@H]2C[C@H]2N)c1. The first-order valence-corrected chi connectivity index (χ1v) is 4.90. The van der Waals surface area contributed by atoms with E-state index in [1.807, 2.05) is 0 Å². The summed E-state index contributed by atoms with van der Waals surface area (Å²) >= 11 is 0. The second kappa shape index (κ2) is 3.38. The van der Waals surface area contributed by atoms with Crippen molar-refractivity contribution in [2.24, 2.45) is 5.73 Å². The van der Waals surface area contributed by atoms with Gasteiger partial charge in [-0.15, -0.1) is 0 Å². The first-order valence-electron chi connectivity index (χ1n) is 4.90. The van der Waals surface area contributed by atoms with Gasteiger partial charge in [0, 0.05) is 24.2 Å². The summed E-state index contributed by atoms with van der Waals surface area (Å²) in [5.74, 6) is 0.610. The van der Waals surface area contributed by atoms with Crippen molar-refractivity contribution in [3.8, 4) is 0 Å². The van der Waals surface area contributed by atoms with Gasteiger partial charge in [0.15, 0.2) is 0 Å². The van der Waals surface area contributed by atoms with E-state index in [0.717, 1.165) is 13.0 Å². The second-order valence-electron chi connectivity index (χ2n) is 3.66. The molecule has 0 unspecified atom stereocenters. The summed E-state index contributed by atoms with van der Waals surface area (Å²) in [5, 5.41) is 3.30. The van der Waals surface area contributed by atoms with E-state index in [1.54, 1.807) is 0 Å². The summed E-state index contributed by atoms with van der Waals surface area (Å²) in [6.07, 6.45) is 1.15. The Morgan fingerprint density at radius 1 is 1.54 bits per heavy atom. The first-order chi connectivity index (χ1) is 6.31. The second-order valence-corrected chi connectivity index (χ2v) is 3.66. The van der Waals surface area contributed by atoms with Crippen molar-refractivity contribution in [1.82, 2.24) is 0 Å². The molecule has 2 atom stereocenters. The highest BCUT2D eigenvalue weighted by molar-refractivity contribution is 5.47. The Morgan fingerprint density at radius 3 is 2.92 bits per heavy atom. The molecular weight excluding hydrogens is 160 g/mol. The molecule has 3 N–H and O–H groups in total. The lowest BCUT2D eigenvalue weighted by Gasteiger charge is -2.05. The maximum absolute atomic E-state index is 5.80. The van der Waals surface area contributed by atoms with Crippen molar-refractivity contribution in [3.05, 3.63) is 29.8 Å². The molecule has 2 rings (SSSR count). The van der Waals surface area contributed by atoms with Crippen LogP contribution in [0.15, 0.2) is 24.3 Å². The van der Waals surface area contributed by atoms with Crippen molar-refractivity contribution in [2.75, 3.05) is 11.9 Å². The van der Waals surface area contributed by atoms with E-state index < -0.39 is 0 Å². The maximum Gasteiger partial charge on any atom is 0.0342 e. The molecule has 1 fully saturated rings. The van der Waals surface area contributed by atoms with Gasteiger partial charge >= 0.3 is 0 Å². The lowest BCUT2D eigenvalue weighted by Crippen LogP contribution is -2.01. The van der Waals surface area contributed by atoms with Crippen molar-refractivity contribution >= 4 is 5.69 Å². The third kappa shape index (κ3) is 1.83. The zero-order valence-electron chi connectivity index (χ0n) is 7.96. The Hall–Kier alpha value is -1.02. The molecule has 1 aromatic carbocycles. The molecule has 1 aliphatic rings. The quantitative estimate of drug-likeness (QED) is 0.738. The van der Waals surface area contributed by atoms with Gasteiger partial charge in [0.1, 0.15) is 0 Å². The molecule has 1 saturated carbocycles. The minimum atomic E-state index is 0.400. The zero-order chi connectivity index (χ0) is 9.26. The van der Waals surface area contributed by atoms with Gasteiger partial charge in [-0.3, -0.25) is 0 Å². The number of anilines is 1. The Labute approximate surface area is 79.1 Å². The highest BCUT2D eigenvalue weighted by atomic mass is 14.8. The number of benzene rings is 1. The third-order valence-corrected chi connectivity index (χ3v) is 2.54. The minimum Gasteiger partial charge on any atom is -0.385 e. The zero-order valence-corrected chi connectivity index (χ0v) is 7.96. The van der Waals surface area contributed by atoms with Crippen LogP contribution in [0, 0.1) is 0 Å². The van der Waals surface area contributed by atoms with Crippen LogP contribution >= 0.6 is 0 Å². The fourth-order valence-electron chi connectivity index (χ4n) is 1.68. The summed E-state index contributed by atoms with van der Waals surface area (Å²) in [6, 6.07) is 8.97. The van der Waals surface area contributed by atoms with Crippen LogP contribution in [0.3, 0.4) is 0 Å². The standard InChI is InChI=1S/C11H16N2/c1-2-13-9-5-3-4-8(6-9)10-7-11(10)12/h3-6,10-11,13H,2,7,12H2,1H3/t10-,11+/m0/s1. The minimum absolute atomic E-state index is 0.400. The van der Waals surface area contributed by atoms with E-state index in [1.165, 1.54) is 11.3 Å². The van der Waals surface area contributed by atoms with Crippen LogP contribution in [0.5, 0.6) is 0 Å². The van der Waals surface area contributed by atoms with E-state index in [9.17, 15) is 0 Å². The van der Waals surface area contributed by atoms with Gasteiger partial charge in [0.05, 0.1) is 0 Å². The summed E-state index contributed by atoms with van der Waals surface area (Å²) in [4.78, 5) is 0. The van der Waals surface area contributed by atoms with Crippen LogP contribution in [0.2, 0.25) is 0 Å². The fraction of sp³-hybridized carbons (Fsp3) is 0.455. The summed E-state index contributed by atoms with van der Waals surface area (Å²) in [5.41, 5.74) is 8.39. The van der Waals surface area contributed by atoms with E-state index in [2.05, 4.69) is 36.5 Å². The fourth-order valence-corrected chi connectivity index (χ4v) is 1.68. The van der Waals surface area contributed by atoms with E-state index in [0.29, 0.717) is 12.0 Å². The Kier molecular flexibility index (Phi) is 2.23. The summed E-state index contributed by atoms with van der Waals surface area (Å²) < 4.78 is 0. The molecule has 2 nitrogen and oxygen atoms in total. The first kappa shape index (κ1) is 8.57. The molecule has 0 radical (unpaired) electrons. The van der Waals surface area contributed by atoms with Crippen LogP contribution in [0.1, 0.15) is 24.8 Å². The Bertz CT molecular complexity index is 296. The molecule has 0 saturated heterocycles. The molecule has 1 aromatic rings. The molecular formula is C11H16N2. The smallest absolute Gasteiger partial charge is 0.0342 e. The molecule has 0 heterocycles. The lowest BCUT2D eigenvalue weighted by molar-refractivity contribution is 0.990. The highest BCUT2D eigenvalue weighted by Gasteiger charge is 2.34. The van der Waals surface area contributed by atoms with Crippen molar-refractivity contribution in [1.29, 1.82) is 0 Å². The number of hydrogen-bond acceptors (Lipinski definition) is 2. The predicted molar refractivity (Wildman–Crippen MR) is 55.9 cm³/mol. The number of nitrogens with two attached hydrogens (primary N) is 1. The molecule has 0 aromatic heterocycles. The van der Waals surface area contributed by atoms with E-state index >= 15 is 0 Å². The third-order valence-electron chi connectivity index (χ3n) is 2.54. The molecule has 70 valence electrons. The molecule has 0 bridgehead atoms. The van der Waals surface area contributed by atoms with Crippen molar-refractivity contribution in [3.63, 3.8) is 0 Å². The average molecular weight is 176 g/mol. The summed E-state index contributed by atoms with van der Waals surface area (Å²) in [6.45, 7) is 3.08. The topological polar surface area (TPSA) is 38.0 Å². The maximum atomic E-state index is 5.80. The van der Waals surface area contributed by atoms with Crippen molar-refractivity contribution in [2.45, 2.75) is 25.3 Å².